The van der Waals surface area contributed by atoms with Crippen LogP contribution < -0.4 is 9.62 Å². The molecule has 32 heavy (non-hydrogen) atoms. The molecule has 0 radical (unpaired) electrons. The van der Waals surface area contributed by atoms with Gasteiger partial charge < -0.3 is 5.32 Å². The first-order valence-electron chi connectivity index (χ1n) is 10.3. The summed E-state index contributed by atoms with van der Waals surface area (Å²) >= 11 is 0. The zero-order chi connectivity index (χ0) is 22.6. The molecule has 0 heterocycles. The van der Waals surface area contributed by atoms with Crippen molar-refractivity contribution < 1.29 is 13.2 Å². The van der Waals surface area contributed by atoms with Crippen LogP contribution in [0.15, 0.2) is 102 Å². The van der Waals surface area contributed by atoms with Gasteiger partial charge in [0.15, 0.2) is 0 Å². The fourth-order valence-electron chi connectivity index (χ4n) is 3.64. The van der Waals surface area contributed by atoms with Gasteiger partial charge in [0.05, 0.1) is 10.6 Å². The summed E-state index contributed by atoms with van der Waals surface area (Å²) in [5, 5.41) is 5.03. The average Bonchev–Trinajstić information content (AvgIpc) is 2.81. The number of benzene rings is 4. The van der Waals surface area contributed by atoms with Crippen molar-refractivity contribution in [3.05, 3.63) is 108 Å². The molecule has 0 saturated carbocycles. The first-order chi connectivity index (χ1) is 15.4. The van der Waals surface area contributed by atoms with Crippen LogP contribution in [-0.2, 0) is 21.4 Å². The lowest BCUT2D eigenvalue weighted by Crippen LogP contribution is -2.40. The van der Waals surface area contributed by atoms with Crippen molar-refractivity contribution in [2.45, 2.75) is 18.4 Å². The molecule has 5 nitrogen and oxygen atoms in total. The third-order valence-corrected chi connectivity index (χ3v) is 7.05. The summed E-state index contributed by atoms with van der Waals surface area (Å²) in [6, 6.07) is 29.2. The number of hydrogen-bond acceptors (Lipinski definition) is 3. The minimum Gasteiger partial charge on any atom is -0.350 e. The first kappa shape index (κ1) is 21.6. The van der Waals surface area contributed by atoms with Crippen molar-refractivity contribution in [3.63, 3.8) is 0 Å². The SMILES string of the molecule is Cc1cccc(N(CC(=O)NCc2cccc3ccccc23)S(=O)(=O)c2ccccc2)c1. The molecule has 0 fully saturated rings. The van der Waals surface area contributed by atoms with E-state index in [1.807, 2.05) is 55.5 Å². The fourth-order valence-corrected chi connectivity index (χ4v) is 5.08. The lowest BCUT2D eigenvalue weighted by Gasteiger charge is -2.24. The minimum atomic E-state index is -3.91. The van der Waals surface area contributed by atoms with Crippen LogP contribution in [-0.4, -0.2) is 20.9 Å². The van der Waals surface area contributed by atoms with Crippen LogP contribution in [0, 0.1) is 6.92 Å². The second-order valence-corrected chi connectivity index (χ2v) is 9.44. The Balaban J connectivity index is 1.59. The molecule has 0 bridgehead atoms. The molecule has 0 aliphatic heterocycles. The second-order valence-electron chi connectivity index (χ2n) is 7.58. The van der Waals surface area contributed by atoms with Gasteiger partial charge in [0.25, 0.3) is 10.0 Å². The van der Waals surface area contributed by atoms with Gasteiger partial charge in [0, 0.05) is 6.54 Å². The van der Waals surface area contributed by atoms with Crippen LogP contribution in [0.3, 0.4) is 0 Å². The maximum absolute atomic E-state index is 13.4. The highest BCUT2D eigenvalue weighted by Gasteiger charge is 2.27. The van der Waals surface area contributed by atoms with Crippen LogP contribution in [0.2, 0.25) is 0 Å². The molecule has 0 unspecified atom stereocenters. The van der Waals surface area contributed by atoms with Crippen LogP contribution in [0.1, 0.15) is 11.1 Å². The molecule has 162 valence electrons. The van der Waals surface area contributed by atoms with E-state index in [4.69, 9.17) is 0 Å². The number of carbonyl (C=O) groups is 1. The Morgan fingerprint density at radius 2 is 1.53 bits per heavy atom. The van der Waals surface area contributed by atoms with E-state index < -0.39 is 10.0 Å². The molecule has 1 amide bonds. The van der Waals surface area contributed by atoms with Crippen molar-refractivity contribution in [2.75, 3.05) is 10.8 Å². The Kier molecular flexibility index (Phi) is 6.23. The molecule has 0 saturated heterocycles. The molecule has 4 aromatic carbocycles. The zero-order valence-electron chi connectivity index (χ0n) is 17.7. The van der Waals surface area contributed by atoms with Gasteiger partial charge in [-0.1, -0.05) is 72.8 Å². The summed E-state index contributed by atoms with van der Waals surface area (Å²) in [5.74, 6) is -0.376. The van der Waals surface area contributed by atoms with Crippen molar-refractivity contribution in [3.8, 4) is 0 Å². The highest BCUT2D eigenvalue weighted by molar-refractivity contribution is 7.92. The average molecular weight is 445 g/mol. The lowest BCUT2D eigenvalue weighted by atomic mass is 10.0. The number of anilines is 1. The number of amides is 1. The van der Waals surface area contributed by atoms with Crippen molar-refractivity contribution >= 4 is 32.4 Å². The third kappa shape index (κ3) is 4.65. The summed E-state index contributed by atoms with van der Waals surface area (Å²) in [6.07, 6.45) is 0. The Morgan fingerprint density at radius 3 is 2.31 bits per heavy atom. The molecule has 0 atom stereocenters. The van der Waals surface area contributed by atoms with Gasteiger partial charge >= 0.3 is 0 Å². The molecule has 0 aliphatic rings. The number of hydrogen-bond donors (Lipinski definition) is 1. The topological polar surface area (TPSA) is 66.5 Å². The normalized spacial score (nSPS) is 11.3. The van der Waals surface area contributed by atoms with Crippen molar-refractivity contribution in [2.24, 2.45) is 0 Å². The Labute approximate surface area is 188 Å². The second kappa shape index (κ2) is 9.24. The van der Waals surface area contributed by atoms with E-state index >= 15 is 0 Å². The van der Waals surface area contributed by atoms with Crippen molar-refractivity contribution in [1.82, 2.24) is 5.32 Å². The zero-order valence-corrected chi connectivity index (χ0v) is 18.5. The Hall–Kier alpha value is -3.64. The summed E-state index contributed by atoms with van der Waals surface area (Å²) in [4.78, 5) is 13.0. The molecule has 1 N–H and O–H groups in total. The quantitative estimate of drug-likeness (QED) is 0.451. The lowest BCUT2D eigenvalue weighted by molar-refractivity contribution is -0.119. The van der Waals surface area contributed by atoms with E-state index in [0.717, 1.165) is 26.2 Å². The molecule has 0 aliphatic carbocycles. The Bertz CT molecular complexity index is 1350. The standard InChI is InChI=1S/C26H24N2O3S/c1-20-9-7-13-23(17-20)28(32(30,31)24-14-3-2-4-15-24)19-26(29)27-18-22-12-8-11-21-10-5-6-16-25(21)22/h2-17H,18-19H2,1H3,(H,27,29). The first-order valence-corrected chi connectivity index (χ1v) is 11.8. The van der Waals surface area contributed by atoms with Crippen LogP contribution >= 0.6 is 0 Å². The fraction of sp³-hybridized carbons (Fsp3) is 0.115. The van der Waals surface area contributed by atoms with Crippen LogP contribution in [0.5, 0.6) is 0 Å². The van der Waals surface area contributed by atoms with E-state index in [0.29, 0.717) is 12.2 Å². The van der Waals surface area contributed by atoms with E-state index in [-0.39, 0.29) is 17.3 Å². The van der Waals surface area contributed by atoms with E-state index in [1.54, 1.807) is 36.4 Å². The molecule has 0 aromatic heterocycles. The molecular weight excluding hydrogens is 420 g/mol. The van der Waals surface area contributed by atoms with Gasteiger partial charge in [0.1, 0.15) is 6.54 Å². The van der Waals surface area contributed by atoms with Gasteiger partial charge in [-0.3, -0.25) is 9.10 Å². The minimum absolute atomic E-state index is 0.142. The largest absolute Gasteiger partial charge is 0.350 e. The monoisotopic (exact) mass is 444 g/mol. The predicted molar refractivity (Wildman–Crippen MR) is 128 cm³/mol. The number of aryl methyl sites for hydroxylation is 1. The summed E-state index contributed by atoms with van der Waals surface area (Å²) in [6.45, 7) is 1.88. The van der Waals surface area contributed by atoms with Gasteiger partial charge in [-0.2, -0.15) is 0 Å². The number of sulfonamides is 1. The molecular formula is C26H24N2O3S. The number of nitrogens with one attached hydrogen (secondary N) is 1. The van der Waals surface area contributed by atoms with Gasteiger partial charge in [-0.05, 0) is 53.1 Å². The summed E-state index contributed by atoms with van der Waals surface area (Å²) in [7, 11) is -3.91. The Morgan fingerprint density at radius 1 is 0.844 bits per heavy atom. The highest BCUT2D eigenvalue weighted by atomic mass is 32.2. The predicted octanol–water partition coefficient (Wildman–Crippen LogP) is 4.66. The van der Waals surface area contributed by atoms with E-state index in [1.165, 1.54) is 12.1 Å². The van der Waals surface area contributed by atoms with Gasteiger partial charge in [-0.15, -0.1) is 0 Å². The number of carbonyl (C=O) groups excluding carboxylic acids is 1. The van der Waals surface area contributed by atoms with Crippen LogP contribution in [0.25, 0.3) is 10.8 Å². The number of fused-ring (bicyclic) bond motifs is 1. The third-order valence-electron chi connectivity index (χ3n) is 5.26. The van der Waals surface area contributed by atoms with E-state index in [9.17, 15) is 13.2 Å². The van der Waals surface area contributed by atoms with Gasteiger partial charge in [-0.25, -0.2) is 8.42 Å². The number of nitrogens with zero attached hydrogens (tertiary/aromatic N) is 1. The molecule has 6 heteroatoms. The van der Waals surface area contributed by atoms with Crippen LogP contribution in [0.4, 0.5) is 5.69 Å². The molecule has 0 spiro atoms. The molecule has 4 rings (SSSR count). The maximum atomic E-state index is 13.4. The summed E-state index contributed by atoms with van der Waals surface area (Å²) < 4.78 is 27.9. The molecule has 4 aromatic rings. The van der Waals surface area contributed by atoms with Gasteiger partial charge in [0.2, 0.25) is 5.91 Å². The van der Waals surface area contributed by atoms with Crippen molar-refractivity contribution in [1.29, 1.82) is 0 Å². The van der Waals surface area contributed by atoms with E-state index in [2.05, 4.69) is 5.32 Å². The maximum Gasteiger partial charge on any atom is 0.264 e. The summed E-state index contributed by atoms with van der Waals surface area (Å²) in [5.41, 5.74) is 2.34. The highest BCUT2D eigenvalue weighted by Crippen LogP contribution is 2.24. The smallest absolute Gasteiger partial charge is 0.264 e. The number of rotatable bonds is 7.